The molecule has 1 aromatic carbocycles. The number of nitrogens with one attached hydrogen (secondary N) is 1. The smallest absolute Gasteiger partial charge is 0.122 e. The van der Waals surface area contributed by atoms with Gasteiger partial charge in [-0.15, -0.1) is 0 Å². The van der Waals surface area contributed by atoms with Gasteiger partial charge in [0.2, 0.25) is 0 Å². The summed E-state index contributed by atoms with van der Waals surface area (Å²) in [5.74, 6) is 1.34. The van der Waals surface area contributed by atoms with Crippen LogP contribution >= 0.6 is 0 Å². The topological polar surface area (TPSA) is 64.3 Å². The third-order valence-corrected chi connectivity index (χ3v) is 2.66. The predicted molar refractivity (Wildman–Crippen MR) is 64.8 cm³/mol. The lowest BCUT2D eigenvalue weighted by Crippen LogP contribution is -2.10. The van der Waals surface area contributed by atoms with Crippen LogP contribution in [0.15, 0.2) is 18.2 Å². The van der Waals surface area contributed by atoms with Gasteiger partial charge in [-0.2, -0.15) is 0 Å². The van der Waals surface area contributed by atoms with E-state index in [9.17, 15) is 4.21 Å². The molecule has 0 heterocycles. The van der Waals surface area contributed by atoms with Crippen LogP contribution < -0.4 is 15.8 Å². The summed E-state index contributed by atoms with van der Waals surface area (Å²) in [5.41, 5.74) is 7.22. The minimum atomic E-state index is -0.777. The van der Waals surface area contributed by atoms with Gasteiger partial charge in [-0.05, 0) is 6.07 Å². The van der Waals surface area contributed by atoms with Crippen LogP contribution in [0, 0.1) is 0 Å². The van der Waals surface area contributed by atoms with Crippen molar-refractivity contribution in [3.63, 3.8) is 0 Å². The second-order valence-electron chi connectivity index (χ2n) is 3.20. The Morgan fingerprint density at radius 1 is 1.47 bits per heavy atom. The van der Waals surface area contributed by atoms with Crippen LogP contribution in [0.3, 0.4) is 0 Å². The molecule has 0 spiro atoms. The SMILES string of the molecule is COc1cc(N)cc(NCCS(C)=O)c1. The van der Waals surface area contributed by atoms with Gasteiger partial charge in [-0.25, -0.2) is 0 Å². The van der Waals surface area contributed by atoms with Crippen molar-refractivity contribution in [2.24, 2.45) is 0 Å². The normalized spacial score (nSPS) is 12.1. The first-order chi connectivity index (χ1) is 7.11. The molecule has 0 aliphatic rings. The van der Waals surface area contributed by atoms with E-state index < -0.39 is 10.8 Å². The van der Waals surface area contributed by atoms with E-state index in [2.05, 4.69) is 5.32 Å². The summed E-state index contributed by atoms with van der Waals surface area (Å²) >= 11 is 0. The van der Waals surface area contributed by atoms with Crippen LogP contribution in [0.5, 0.6) is 5.75 Å². The molecule has 15 heavy (non-hydrogen) atoms. The van der Waals surface area contributed by atoms with Crippen molar-refractivity contribution < 1.29 is 8.95 Å². The van der Waals surface area contributed by atoms with Gasteiger partial charge in [0.1, 0.15) is 5.75 Å². The summed E-state index contributed by atoms with van der Waals surface area (Å²) in [5, 5.41) is 3.14. The minimum Gasteiger partial charge on any atom is -0.497 e. The minimum absolute atomic E-state index is 0.622. The predicted octanol–water partition coefficient (Wildman–Crippen LogP) is 1.07. The Kier molecular flexibility index (Phi) is 4.42. The molecule has 1 rings (SSSR count). The zero-order chi connectivity index (χ0) is 11.3. The average molecular weight is 228 g/mol. The highest BCUT2D eigenvalue weighted by molar-refractivity contribution is 7.84. The Morgan fingerprint density at radius 3 is 2.80 bits per heavy atom. The maximum atomic E-state index is 10.8. The van der Waals surface area contributed by atoms with Gasteiger partial charge in [0, 0.05) is 52.9 Å². The monoisotopic (exact) mass is 228 g/mol. The Hall–Kier alpha value is -1.23. The number of ether oxygens (including phenoxy) is 1. The number of nitrogen functional groups attached to an aromatic ring is 1. The fraction of sp³-hybridized carbons (Fsp3) is 0.400. The lowest BCUT2D eigenvalue weighted by molar-refractivity contribution is 0.415. The Balaban J connectivity index is 2.60. The van der Waals surface area contributed by atoms with Crippen LogP contribution in [0.1, 0.15) is 0 Å². The van der Waals surface area contributed by atoms with E-state index in [0.717, 1.165) is 11.4 Å². The first kappa shape index (κ1) is 11.8. The Bertz CT molecular complexity index is 355. The summed E-state index contributed by atoms with van der Waals surface area (Å²) in [7, 11) is 0.820. The number of methoxy groups -OCH3 is 1. The van der Waals surface area contributed by atoms with E-state index in [1.165, 1.54) is 0 Å². The van der Waals surface area contributed by atoms with E-state index in [-0.39, 0.29) is 0 Å². The zero-order valence-electron chi connectivity index (χ0n) is 8.95. The van der Waals surface area contributed by atoms with Crippen molar-refractivity contribution in [2.75, 3.05) is 36.7 Å². The number of nitrogens with two attached hydrogens (primary N) is 1. The fourth-order valence-corrected chi connectivity index (χ4v) is 1.57. The van der Waals surface area contributed by atoms with Gasteiger partial charge in [-0.3, -0.25) is 4.21 Å². The number of rotatable bonds is 5. The standard InChI is InChI=1S/C10H16N2O2S/c1-14-10-6-8(11)5-9(7-10)12-3-4-15(2)13/h5-7,12H,3-4,11H2,1-2H3. The van der Waals surface area contributed by atoms with Crippen LogP contribution in [0.4, 0.5) is 11.4 Å². The Labute approximate surface area is 92.3 Å². The maximum absolute atomic E-state index is 10.8. The van der Waals surface area contributed by atoms with E-state index >= 15 is 0 Å². The highest BCUT2D eigenvalue weighted by Crippen LogP contribution is 2.21. The molecule has 0 radical (unpaired) electrons. The molecule has 0 saturated carbocycles. The second kappa shape index (κ2) is 5.60. The molecular weight excluding hydrogens is 212 g/mol. The molecule has 0 aromatic heterocycles. The summed E-state index contributed by atoms with van der Waals surface area (Å²) in [4.78, 5) is 0. The maximum Gasteiger partial charge on any atom is 0.122 e. The molecular formula is C10H16N2O2S. The van der Waals surface area contributed by atoms with Crippen LogP contribution in [-0.2, 0) is 10.8 Å². The van der Waals surface area contributed by atoms with Gasteiger partial charge in [-0.1, -0.05) is 0 Å². The number of hydrogen-bond acceptors (Lipinski definition) is 4. The second-order valence-corrected chi connectivity index (χ2v) is 4.75. The molecule has 0 aliphatic heterocycles. The van der Waals surface area contributed by atoms with Crippen molar-refractivity contribution in [3.8, 4) is 5.75 Å². The number of benzene rings is 1. The average Bonchev–Trinajstić information content (AvgIpc) is 2.16. The molecule has 3 N–H and O–H groups in total. The number of hydrogen-bond donors (Lipinski definition) is 2. The molecule has 1 unspecified atom stereocenters. The molecule has 0 fully saturated rings. The molecule has 84 valence electrons. The summed E-state index contributed by atoms with van der Waals surface area (Å²) in [6.45, 7) is 0.662. The van der Waals surface area contributed by atoms with E-state index in [1.54, 1.807) is 19.4 Å². The van der Waals surface area contributed by atoms with Gasteiger partial charge >= 0.3 is 0 Å². The van der Waals surface area contributed by atoms with Gasteiger partial charge < -0.3 is 15.8 Å². The lowest BCUT2D eigenvalue weighted by atomic mass is 10.2. The summed E-state index contributed by atoms with van der Waals surface area (Å²) < 4.78 is 15.9. The highest BCUT2D eigenvalue weighted by Gasteiger charge is 1.99. The molecule has 0 saturated heterocycles. The summed E-state index contributed by atoms with van der Waals surface area (Å²) in [6, 6.07) is 5.43. The first-order valence-corrected chi connectivity index (χ1v) is 6.33. The van der Waals surface area contributed by atoms with Crippen molar-refractivity contribution in [1.82, 2.24) is 0 Å². The Morgan fingerprint density at radius 2 is 2.20 bits per heavy atom. The van der Waals surface area contributed by atoms with Crippen LogP contribution in [0.2, 0.25) is 0 Å². The molecule has 0 aliphatic carbocycles. The van der Waals surface area contributed by atoms with Crippen molar-refractivity contribution in [1.29, 1.82) is 0 Å². The molecule has 1 aromatic rings. The van der Waals surface area contributed by atoms with Crippen LogP contribution in [0.25, 0.3) is 0 Å². The number of anilines is 2. The largest absolute Gasteiger partial charge is 0.497 e. The van der Waals surface area contributed by atoms with Gasteiger partial charge in [0.25, 0.3) is 0 Å². The first-order valence-electron chi connectivity index (χ1n) is 4.60. The van der Waals surface area contributed by atoms with Crippen molar-refractivity contribution >= 4 is 22.2 Å². The quantitative estimate of drug-likeness (QED) is 0.740. The lowest BCUT2D eigenvalue weighted by Gasteiger charge is -2.08. The molecule has 0 bridgehead atoms. The molecule has 1 atom stereocenters. The van der Waals surface area contributed by atoms with Gasteiger partial charge in [0.15, 0.2) is 0 Å². The highest BCUT2D eigenvalue weighted by atomic mass is 32.2. The van der Waals surface area contributed by atoms with Gasteiger partial charge in [0.05, 0.1) is 7.11 Å². The third-order valence-electron chi connectivity index (χ3n) is 1.88. The van der Waals surface area contributed by atoms with Crippen molar-refractivity contribution in [3.05, 3.63) is 18.2 Å². The summed E-state index contributed by atoms with van der Waals surface area (Å²) in [6.07, 6.45) is 1.68. The molecule has 0 amide bonds. The molecule has 5 heteroatoms. The van der Waals surface area contributed by atoms with E-state index in [1.807, 2.05) is 12.1 Å². The van der Waals surface area contributed by atoms with Crippen LogP contribution in [-0.4, -0.2) is 29.9 Å². The van der Waals surface area contributed by atoms with Crippen molar-refractivity contribution in [2.45, 2.75) is 0 Å². The molecule has 4 nitrogen and oxygen atoms in total. The zero-order valence-corrected chi connectivity index (χ0v) is 9.76. The fourth-order valence-electron chi connectivity index (χ4n) is 1.18. The van der Waals surface area contributed by atoms with E-state index in [0.29, 0.717) is 18.0 Å². The van der Waals surface area contributed by atoms with E-state index in [4.69, 9.17) is 10.5 Å². The third kappa shape index (κ3) is 4.20.